The Morgan fingerprint density at radius 2 is 0.895 bits per heavy atom. The van der Waals surface area contributed by atoms with E-state index in [1.165, 1.54) is 0 Å². The molecule has 0 amide bonds. The molecule has 0 saturated carbocycles. The van der Waals surface area contributed by atoms with Gasteiger partial charge >= 0.3 is 0 Å². The lowest BCUT2D eigenvalue weighted by Gasteiger charge is -2.44. The maximum atomic E-state index is 5.94. The molecule has 0 N–H and O–H groups in total. The van der Waals surface area contributed by atoms with Gasteiger partial charge in [-0.05, 0) is 41.5 Å². The summed E-state index contributed by atoms with van der Waals surface area (Å²) < 4.78 is 23.8. The van der Waals surface area contributed by atoms with E-state index in [1.54, 1.807) is 0 Å². The highest BCUT2D eigenvalue weighted by atomic mass is 28.3. The highest BCUT2D eigenvalue weighted by Gasteiger charge is 2.50. The largest absolute Gasteiger partial charge is 0.354 e. The SMILES string of the molecule is CCOC(C)(OCC)[SiH](CC)C(C)(OCC)OCC. The van der Waals surface area contributed by atoms with Crippen molar-refractivity contribution in [2.45, 2.75) is 65.3 Å². The summed E-state index contributed by atoms with van der Waals surface area (Å²) in [5.41, 5.74) is -1.12. The Kier molecular flexibility index (Phi) is 9.10. The molecule has 0 spiro atoms. The third-order valence-electron chi connectivity index (χ3n) is 3.40. The lowest BCUT2D eigenvalue weighted by atomic mass is 10.6. The van der Waals surface area contributed by atoms with Crippen molar-refractivity contribution in [1.29, 1.82) is 0 Å². The summed E-state index contributed by atoms with van der Waals surface area (Å²) in [6.45, 7) is 16.8. The first-order valence-corrected chi connectivity index (χ1v) is 9.46. The van der Waals surface area contributed by atoms with Crippen LogP contribution in [0.15, 0.2) is 0 Å². The van der Waals surface area contributed by atoms with Gasteiger partial charge in [-0.2, -0.15) is 0 Å². The van der Waals surface area contributed by atoms with Crippen molar-refractivity contribution in [2.24, 2.45) is 0 Å². The monoisotopic (exact) mass is 292 g/mol. The lowest BCUT2D eigenvalue weighted by Crippen LogP contribution is -2.62. The highest BCUT2D eigenvalue weighted by molar-refractivity contribution is 6.64. The average molecular weight is 292 g/mol. The topological polar surface area (TPSA) is 36.9 Å². The molecule has 4 nitrogen and oxygen atoms in total. The van der Waals surface area contributed by atoms with Gasteiger partial charge in [0.05, 0.1) is 0 Å². The Labute approximate surface area is 120 Å². The Bertz CT molecular complexity index is 201. The zero-order valence-electron chi connectivity index (χ0n) is 13.7. The molecule has 0 heterocycles. The molecule has 0 aliphatic heterocycles. The van der Waals surface area contributed by atoms with Crippen LogP contribution < -0.4 is 0 Å². The summed E-state index contributed by atoms with van der Waals surface area (Å²) >= 11 is 0. The molecular weight excluding hydrogens is 260 g/mol. The van der Waals surface area contributed by atoms with Gasteiger partial charge in [0.2, 0.25) is 0 Å². The Morgan fingerprint density at radius 1 is 0.632 bits per heavy atom. The fraction of sp³-hybridized carbons (Fsp3) is 1.00. The van der Waals surface area contributed by atoms with Crippen LogP contribution in [0.5, 0.6) is 0 Å². The standard InChI is InChI=1S/C14H32O4Si/c1-8-15-13(6,16-9-2)19(12-5)14(7,17-10-3)18-11-4/h19H,8-12H2,1-7H3. The van der Waals surface area contributed by atoms with Crippen molar-refractivity contribution in [3.8, 4) is 0 Å². The zero-order chi connectivity index (χ0) is 14.9. The summed E-state index contributed by atoms with van der Waals surface area (Å²) in [5.74, 6) is 0. The molecule has 0 rings (SSSR count). The molecule has 5 heteroatoms. The van der Waals surface area contributed by atoms with Gasteiger partial charge in [-0.1, -0.05) is 13.0 Å². The first-order valence-electron chi connectivity index (χ1n) is 7.49. The maximum absolute atomic E-state index is 5.94. The fourth-order valence-corrected chi connectivity index (χ4v) is 6.76. The number of hydrogen-bond acceptors (Lipinski definition) is 4. The number of ether oxygens (including phenoxy) is 4. The van der Waals surface area contributed by atoms with Gasteiger partial charge in [0.25, 0.3) is 0 Å². The fourth-order valence-electron chi connectivity index (χ4n) is 2.85. The molecule has 0 aromatic heterocycles. The molecule has 0 atom stereocenters. The summed E-state index contributed by atoms with van der Waals surface area (Å²) in [6, 6.07) is 0.993. The summed E-state index contributed by atoms with van der Waals surface area (Å²) in [7, 11) is -1.63. The third-order valence-corrected chi connectivity index (χ3v) is 7.41. The molecule has 0 fully saturated rings. The second-order valence-electron chi connectivity index (χ2n) is 4.72. The smallest absolute Gasteiger partial charge is 0.179 e. The van der Waals surface area contributed by atoms with E-state index in [-0.39, 0.29) is 0 Å². The van der Waals surface area contributed by atoms with Gasteiger partial charge in [-0.15, -0.1) is 0 Å². The van der Waals surface area contributed by atoms with Gasteiger partial charge in [0.15, 0.2) is 19.6 Å². The average Bonchev–Trinajstić information content (AvgIpc) is 2.30. The van der Waals surface area contributed by atoms with Crippen molar-refractivity contribution in [2.75, 3.05) is 26.4 Å². The summed E-state index contributed by atoms with van der Waals surface area (Å²) in [5, 5.41) is 0. The van der Waals surface area contributed by atoms with Crippen molar-refractivity contribution >= 4 is 8.80 Å². The summed E-state index contributed by atoms with van der Waals surface area (Å²) in [4.78, 5) is 0. The van der Waals surface area contributed by atoms with Crippen LogP contribution in [0.3, 0.4) is 0 Å². The van der Waals surface area contributed by atoms with Gasteiger partial charge in [0.1, 0.15) is 0 Å². The lowest BCUT2D eigenvalue weighted by molar-refractivity contribution is -0.205. The van der Waals surface area contributed by atoms with E-state index < -0.39 is 19.6 Å². The highest BCUT2D eigenvalue weighted by Crippen LogP contribution is 2.31. The predicted molar refractivity (Wildman–Crippen MR) is 80.9 cm³/mol. The van der Waals surface area contributed by atoms with Crippen LogP contribution in [-0.2, 0) is 18.9 Å². The molecule has 0 radical (unpaired) electrons. The molecule has 0 aliphatic rings. The van der Waals surface area contributed by atoms with Crippen LogP contribution in [0.25, 0.3) is 0 Å². The summed E-state index contributed by atoms with van der Waals surface area (Å²) in [6.07, 6.45) is 0. The van der Waals surface area contributed by atoms with E-state index in [4.69, 9.17) is 18.9 Å². The Morgan fingerprint density at radius 3 is 1.05 bits per heavy atom. The van der Waals surface area contributed by atoms with E-state index >= 15 is 0 Å². The molecule has 116 valence electrons. The molecule has 19 heavy (non-hydrogen) atoms. The molecular formula is C14H32O4Si. The third kappa shape index (κ3) is 5.15. The minimum absolute atomic E-state index is 0.558. The zero-order valence-corrected chi connectivity index (χ0v) is 14.9. The second-order valence-corrected chi connectivity index (χ2v) is 8.74. The van der Waals surface area contributed by atoms with E-state index in [0.29, 0.717) is 26.4 Å². The molecule has 0 bridgehead atoms. The minimum Gasteiger partial charge on any atom is -0.354 e. The van der Waals surface area contributed by atoms with E-state index in [0.717, 1.165) is 6.04 Å². The molecule has 0 aromatic carbocycles. The normalized spacial score (nSPS) is 13.3. The van der Waals surface area contributed by atoms with Crippen molar-refractivity contribution in [3.05, 3.63) is 0 Å². The van der Waals surface area contributed by atoms with Crippen molar-refractivity contribution in [1.82, 2.24) is 0 Å². The van der Waals surface area contributed by atoms with E-state index in [2.05, 4.69) is 6.92 Å². The maximum Gasteiger partial charge on any atom is 0.179 e. The molecule has 0 unspecified atom stereocenters. The first-order chi connectivity index (χ1) is 8.94. The quantitative estimate of drug-likeness (QED) is 0.433. The number of hydrogen-bond donors (Lipinski definition) is 0. The Balaban J connectivity index is 5.27. The minimum atomic E-state index is -1.63. The van der Waals surface area contributed by atoms with Gasteiger partial charge in [0, 0.05) is 26.4 Å². The van der Waals surface area contributed by atoms with Crippen molar-refractivity contribution < 1.29 is 18.9 Å². The Hall–Kier alpha value is 0.0569. The van der Waals surface area contributed by atoms with Crippen LogP contribution >= 0.6 is 0 Å². The second kappa shape index (κ2) is 9.08. The first kappa shape index (κ1) is 19.1. The predicted octanol–water partition coefficient (Wildman–Crippen LogP) is 2.89. The van der Waals surface area contributed by atoms with Gasteiger partial charge in [-0.3, -0.25) is 0 Å². The van der Waals surface area contributed by atoms with Gasteiger partial charge < -0.3 is 18.9 Å². The van der Waals surface area contributed by atoms with Crippen LogP contribution in [0, 0.1) is 0 Å². The van der Waals surface area contributed by atoms with Crippen LogP contribution in [-0.4, -0.2) is 46.0 Å². The molecule has 0 saturated heterocycles. The van der Waals surface area contributed by atoms with E-state index in [1.807, 2.05) is 41.5 Å². The van der Waals surface area contributed by atoms with Crippen LogP contribution in [0.2, 0.25) is 6.04 Å². The number of rotatable bonds is 11. The van der Waals surface area contributed by atoms with Crippen LogP contribution in [0.1, 0.15) is 48.5 Å². The van der Waals surface area contributed by atoms with Crippen molar-refractivity contribution in [3.63, 3.8) is 0 Å². The van der Waals surface area contributed by atoms with E-state index in [9.17, 15) is 0 Å². The van der Waals surface area contributed by atoms with Gasteiger partial charge in [-0.25, -0.2) is 0 Å². The molecule has 0 aliphatic carbocycles. The van der Waals surface area contributed by atoms with Crippen LogP contribution in [0.4, 0.5) is 0 Å². The molecule has 0 aromatic rings.